The summed E-state index contributed by atoms with van der Waals surface area (Å²) in [6.45, 7) is 8.67. The van der Waals surface area contributed by atoms with E-state index in [0.29, 0.717) is 12.6 Å². The molecule has 0 bridgehead atoms. The molecule has 0 saturated carbocycles. The van der Waals surface area contributed by atoms with Crippen molar-refractivity contribution < 1.29 is 9.84 Å². The summed E-state index contributed by atoms with van der Waals surface area (Å²) in [4.78, 5) is 2.31. The van der Waals surface area contributed by atoms with Gasteiger partial charge in [0, 0.05) is 19.1 Å². The van der Waals surface area contributed by atoms with Gasteiger partial charge in [-0.05, 0) is 26.3 Å². The fraction of sp³-hybridized carbons (Fsp3) is 0.600. The number of nitrogens with zero attached hydrogens (tertiary/aromatic N) is 1. The van der Waals surface area contributed by atoms with Crippen molar-refractivity contribution in [2.24, 2.45) is 0 Å². The van der Waals surface area contributed by atoms with E-state index in [-0.39, 0.29) is 5.60 Å². The Morgan fingerprint density at radius 3 is 2.72 bits per heavy atom. The van der Waals surface area contributed by atoms with Crippen LogP contribution in [0.5, 0.6) is 0 Å². The van der Waals surface area contributed by atoms with Gasteiger partial charge in [-0.3, -0.25) is 4.90 Å². The Kier molecular flexibility index (Phi) is 4.05. The van der Waals surface area contributed by atoms with Crippen LogP contribution in [0, 0.1) is 0 Å². The molecule has 100 valence electrons. The molecule has 18 heavy (non-hydrogen) atoms. The van der Waals surface area contributed by atoms with Gasteiger partial charge in [0.25, 0.3) is 0 Å². The first kappa shape index (κ1) is 13.5. The third kappa shape index (κ3) is 2.91. The van der Waals surface area contributed by atoms with Gasteiger partial charge in [-0.1, -0.05) is 30.3 Å². The minimum absolute atomic E-state index is 0.144. The van der Waals surface area contributed by atoms with Crippen molar-refractivity contribution in [3.63, 3.8) is 0 Å². The summed E-state index contributed by atoms with van der Waals surface area (Å²) in [6, 6.07) is 10.2. The first-order valence-electron chi connectivity index (χ1n) is 6.62. The molecule has 1 aromatic carbocycles. The molecule has 0 amide bonds. The molecule has 0 aliphatic carbocycles. The molecule has 0 aromatic heterocycles. The van der Waals surface area contributed by atoms with Crippen LogP contribution in [-0.4, -0.2) is 41.3 Å². The molecule has 1 heterocycles. The van der Waals surface area contributed by atoms with Gasteiger partial charge in [-0.15, -0.1) is 0 Å². The smallest absolute Gasteiger partial charge is 0.0917 e. The third-order valence-corrected chi connectivity index (χ3v) is 4.00. The topological polar surface area (TPSA) is 32.7 Å². The molecule has 3 nitrogen and oxygen atoms in total. The molecule has 3 heteroatoms. The van der Waals surface area contributed by atoms with Gasteiger partial charge in [-0.2, -0.15) is 0 Å². The van der Waals surface area contributed by atoms with E-state index in [1.54, 1.807) is 0 Å². The van der Waals surface area contributed by atoms with E-state index < -0.39 is 6.10 Å². The molecular formula is C15H23NO2. The predicted molar refractivity (Wildman–Crippen MR) is 72.5 cm³/mol. The molecule has 1 N–H and O–H groups in total. The Morgan fingerprint density at radius 1 is 1.39 bits per heavy atom. The van der Waals surface area contributed by atoms with E-state index in [4.69, 9.17) is 4.74 Å². The zero-order valence-corrected chi connectivity index (χ0v) is 11.5. The second-order valence-electron chi connectivity index (χ2n) is 5.55. The molecule has 0 unspecified atom stereocenters. The number of ether oxygens (including phenoxy) is 1. The number of aliphatic hydroxyl groups excluding tert-OH is 1. The maximum absolute atomic E-state index is 10.3. The van der Waals surface area contributed by atoms with E-state index in [1.807, 2.05) is 30.3 Å². The van der Waals surface area contributed by atoms with Gasteiger partial charge < -0.3 is 9.84 Å². The summed E-state index contributed by atoms with van der Waals surface area (Å²) in [5.41, 5.74) is 0.836. The van der Waals surface area contributed by atoms with Gasteiger partial charge in [0.15, 0.2) is 0 Å². The summed E-state index contributed by atoms with van der Waals surface area (Å²) in [5.74, 6) is 0. The lowest BCUT2D eigenvalue weighted by Crippen LogP contribution is -2.56. The van der Waals surface area contributed by atoms with E-state index in [2.05, 4.69) is 25.7 Å². The highest BCUT2D eigenvalue weighted by Crippen LogP contribution is 2.26. The highest BCUT2D eigenvalue weighted by Gasteiger charge is 2.35. The summed E-state index contributed by atoms with van der Waals surface area (Å²) in [5, 5.41) is 10.3. The van der Waals surface area contributed by atoms with Crippen LogP contribution in [0.15, 0.2) is 30.3 Å². The molecule has 1 saturated heterocycles. The van der Waals surface area contributed by atoms with Crippen molar-refractivity contribution in [2.75, 3.05) is 19.7 Å². The molecule has 1 aromatic rings. The van der Waals surface area contributed by atoms with Crippen LogP contribution in [0.2, 0.25) is 0 Å². The van der Waals surface area contributed by atoms with Gasteiger partial charge in [0.05, 0.1) is 18.3 Å². The number of rotatable bonds is 3. The van der Waals surface area contributed by atoms with Gasteiger partial charge in [-0.25, -0.2) is 0 Å². The number of benzene rings is 1. The molecule has 1 aliphatic rings. The maximum Gasteiger partial charge on any atom is 0.0917 e. The summed E-state index contributed by atoms with van der Waals surface area (Å²) >= 11 is 0. The Morgan fingerprint density at radius 2 is 2.06 bits per heavy atom. The summed E-state index contributed by atoms with van der Waals surface area (Å²) in [7, 11) is 0. The van der Waals surface area contributed by atoms with Gasteiger partial charge in [0.1, 0.15) is 0 Å². The van der Waals surface area contributed by atoms with Crippen LogP contribution in [-0.2, 0) is 4.74 Å². The molecule has 1 fully saturated rings. The molecule has 0 spiro atoms. The van der Waals surface area contributed by atoms with Crippen LogP contribution >= 0.6 is 0 Å². The number of β-amino-alcohol motifs (C(OH)–C–C–N with tert-alkyl or cyclic N) is 1. The minimum atomic E-state index is -0.428. The lowest BCUT2D eigenvalue weighted by Gasteiger charge is -2.45. The quantitative estimate of drug-likeness (QED) is 0.891. The van der Waals surface area contributed by atoms with Crippen molar-refractivity contribution in [2.45, 2.75) is 38.5 Å². The largest absolute Gasteiger partial charge is 0.387 e. The fourth-order valence-corrected chi connectivity index (χ4v) is 2.43. The molecule has 0 radical (unpaired) electrons. The Hall–Kier alpha value is -0.900. The lowest BCUT2D eigenvalue weighted by molar-refractivity contribution is -0.128. The van der Waals surface area contributed by atoms with Crippen LogP contribution < -0.4 is 0 Å². The summed E-state index contributed by atoms with van der Waals surface area (Å²) in [6.07, 6.45) is -0.428. The highest BCUT2D eigenvalue weighted by molar-refractivity contribution is 5.17. The Bertz CT molecular complexity index is 377. The monoisotopic (exact) mass is 249 g/mol. The minimum Gasteiger partial charge on any atom is -0.387 e. The maximum atomic E-state index is 10.3. The molecule has 2 rings (SSSR count). The van der Waals surface area contributed by atoms with E-state index in [0.717, 1.165) is 18.7 Å². The van der Waals surface area contributed by atoms with Crippen LogP contribution in [0.25, 0.3) is 0 Å². The van der Waals surface area contributed by atoms with Crippen molar-refractivity contribution in [1.29, 1.82) is 0 Å². The third-order valence-electron chi connectivity index (χ3n) is 4.00. The van der Waals surface area contributed by atoms with Crippen molar-refractivity contribution in [1.82, 2.24) is 4.90 Å². The summed E-state index contributed by atoms with van der Waals surface area (Å²) < 4.78 is 5.77. The van der Waals surface area contributed by atoms with E-state index >= 15 is 0 Å². The normalized spacial score (nSPS) is 25.9. The zero-order chi connectivity index (χ0) is 13.2. The second kappa shape index (κ2) is 5.39. The first-order valence-corrected chi connectivity index (χ1v) is 6.62. The van der Waals surface area contributed by atoms with Crippen molar-refractivity contribution in [3.8, 4) is 0 Å². The van der Waals surface area contributed by atoms with Crippen molar-refractivity contribution >= 4 is 0 Å². The van der Waals surface area contributed by atoms with E-state index in [1.165, 1.54) is 0 Å². The van der Waals surface area contributed by atoms with Crippen LogP contribution in [0.4, 0.5) is 0 Å². The van der Waals surface area contributed by atoms with E-state index in [9.17, 15) is 5.11 Å². The fourth-order valence-electron chi connectivity index (χ4n) is 2.43. The highest BCUT2D eigenvalue weighted by atomic mass is 16.5. The molecular weight excluding hydrogens is 226 g/mol. The predicted octanol–water partition coefficient (Wildman–Crippen LogP) is 2.22. The Balaban J connectivity index is 2.01. The number of hydrogen-bond acceptors (Lipinski definition) is 3. The van der Waals surface area contributed by atoms with Crippen LogP contribution in [0.1, 0.15) is 32.4 Å². The molecule has 1 aliphatic heterocycles. The average Bonchev–Trinajstić information content (AvgIpc) is 2.36. The molecule has 2 atom stereocenters. The SMILES string of the molecule is C[C@H]1N(C[C@@H](O)c2ccccc2)CCOC1(C)C. The Labute approximate surface area is 109 Å². The van der Waals surface area contributed by atoms with Gasteiger partial charge in [0.2, 0.25) is 0 Å². The second-order valence-corrected chi connectivity index (χ2v) is 5.55. The van der Waals surface area contributed by atoms with Crippen LogP contribution in [0.3, 0.4) is 0 Å². The average molecular weight is 249 g/mol. The van der Waals surface area contributed by atoms with Gasteiger partial charge >= 0.3 is 0 Å². The number of hydrogen-bond donors (Lipinski definition) is 1. The van der Waals surface area contributed by atoms with Crippen molar-refractivity contribution in [3.05, 3.63) is 35.9 Å². The lowest BCUT2D eigenvalue weighted by atomic mass is 9.96. The number of aliphatic hydroxyl groups is 1. The number of morpholine rings is 1. The standard InChI is InChI=1S/C15H23NO2/c1-12-15(2,3)18-10-9-16(12)11-14(17)13-7-5-4-6-8-13/h4-8,12,14,17H,9-11H2,1-3H3/t12-,14-/m1/s1. The zero-order valence-electron chi connectivity index (χ0n) is 11.5. The first-order chi connectivity index (χ1) is 8.50.